The maximum absolute atomic E-state index is 11.7. The van der Waals surface area contributed by atoms with E-state index in [1.165, 1.54) is 0 Å². The van der Waals surface area contributed by atoms with Gasteiger partial charge in [-0.15, -0.1) is 0 Å². The maximum atomic E-state index is 11.7. The molecule has 1 N–H and O–H groups in total. The third kappa shape index (κ3) is 15.2. The maximum Gasteiger partial charge on any atom is 0.220 e. The number of rotatable bonds is 11. The molecule has 0 bridgehead atoms. The lowest BCUT2D eigenvalue weighted by molar-refractivity contribution is -0.120. The molecule has 1 atom stereocenters. The Hall–Kier alpha value is 0.335. The fourth-order valence-corrected chi connectivity index (χ4v) is 4.98. The number of nitrogens with one attached hydrogen (secondary N) is 1. The van der Waals surface area contributed by atoms with Crippen molar-refractivity contribution in [3.8, 4) is 0 Å². The third-order valence-electron chi connectivity index (χ3n) is 2.90. The first-order chi connectivity index (χ1) is 10.0. The van der Waals surface area contributed by atoms with Gasteiger partial charge in [0.25, 0.3) is 0 Å². The van der Waals surface area contributed by atoms with E-state index in [0.717, 1.165) is 33.5 Å². The van der Waals surface area contributed by atoms with Crippen LogP contribution in [0.3, 0.4) is 0 Å². The largest absolute Gasteiger partial charge is 0.352 e. The fourth-order valence-electron chi connectivity index (χ4n) is 1.51. The highest BCUT2D eigenvalue weighted by molar-refractivity contribution is 8.77. The minimum atomic E-state index is 0.117. The molecule has 0 fully saturated rings. The summed E-state index contributed by atoms with van der Waals surface area (Å²) >= 11 is 0. The molecule has 0 radical (unpaired) electrons. The molecule has 0 rings (SSSR count). The van der Waals surface area contributed by atoms with Crippen LogP contribution < -0.4 is 5.32 Å². The summed E-state index contributed by atoms with van der Waals surface area (Å²) in [6, 6.07) is 0. The Labute approximate surface area is 146 Å². The monoisotopic (exact) mass is 363 g/mol. The first kappa shape index (κ1) is 22.3. The summed E-state index contributed by atoms with van der Waals surface area (Å²) in [5.41, 5.74) is 0.256. The van der Waals surface area contributed by atoms with E-state index in [1.807, 2.05) is 21.6 Å². The second-order valence-electron chi connectivity index (χ2n) is 7.17. The molecular weight excluding hydrogens is 332 g/mol. The summed E-state index contributed by atoms with van der Waals surface area (Å²) < 4.78 is 0.117. The molecule has 7 heteroatoms. The second kappa shape index (κ2) is 11.0. The van der Waals surface area contributed by atoms with Crippen LogP contribution in [0, 0.1) is 0 Å². The minimum absolute atomic E-state index is 0.117. The van der Waals surface area contributed by atoms with Gasteiger partial charge in [-0.3, -0.25) is 4.79 Å². The summed E-state index contributed by atoms with van der Waals surface area (Å²) in [7, 11) is 6.04. The van der Waals surface area contributed by atoms with Gasteiger partial charge in [0.1, 0.15) is 0 Å². The van der Waals surface area contributed by atoms with Gasteiger partial charge in [0.2, 0.25) is 5.91 Å². The van der Waals surface area contributed by atoms with Crippen LogP contribution >= 0.6 is 30.2 Å². The second-order valence-corrected chi connectivity index (χ2v) is 12.5. The van der Waals surface area contributed by atoms with E-state index in [9.17, 15) is 9.59 Å². The number of carbonyl (C=O) groups is 2. The SMILES string of the molecule is BC(=O)CCC(C)(C)SSCCCC(=O)NCPC(C)(C)C. The molecule has 0 saturated carbocycles. The molecule has 1 unspecified atom stereocenters. The van der Waals surface area contributed by atoms with Gasteiger partial charge in [0.05, 0.1) is 5.68 Å². The summed E-state index contributed by atoms with van der Waals surface area (Å²) in [4.78, 5) is 22.7. The van der Waals surface area contributed by atoms with Gasteiger partial charge < -0.3 is 10.1 Å². The van der Waals surface area contributed by atoms with Gasteiger partial charge in [-0.1, -0.05) is 50.9 Å². The standard InChI is InChI=1S/C15H31BNO2PS2/c1-14(2,3)20-11-17-13(19)7-6-10-21-22-15(4,5)9-8-12(16)18/h20H,6-11,16H2,1-5H3,(H,17,19). The topological polar surface area (TPSA) is 46.2 Å². The molecule has 3 nitrogen and oxygen atoms in total. The van der Waals surface area contributed by atoms with Crippen LogP contribution in [0.4, 0.5) is 0 Å². The zero-order valence-corrected chi connectivity index (χ0v) is 17.5. The molecule has 0 saturated heterocycles. The Bertz CT molecular complexity index is 360. The lowest BCUT2D eigenvalue weighted by atomic mass is 9.94. The molecule has 0 aromatic rings. The van der Waals surface area contributed by atoms with Crippen molar-refractivity contribution in [2.75, 3.05) is 12.0 Å². The predicted molar refractivity (Wildman–Crippen MR) is 107 cm³/mol. The van der Waals surface area contributed by atoms with Crippen molar-refractivity contribution in [1.29, 1.82) is 0 Å². The van der Waals surface area contributed by atoms with Crippen LogP contribution in [-0.4, -0.2) is 41.4 Å². The van der Waals surface area contributed by atoms with Crippen LogP contribution in [0.15, 0.2) is 0 Å². The molecule has 0 aliphatic heterocycles. The first-order valence-corrected chi connectivity index (χ1v) is 11.4. The van der Waals surface area contributed by atoms with Gasteiger partial charge in [0.15, 0.2) is 7.85 Å². The van der Waals surface area contributed by atoms with Gasteiger partial charge in [-0.2, -0.15) is 0 Å². The van der Waals surface area contributed by atoms with Gasteiger partial charge in [-0.05, 0) is 38.3 Å². The van der Waals surface area contributed by atoms with Crippen LogP contribution in [0.5, 0.6) is 0 Å². The van der Waals surface area contributed by atoms with Gasteiger partial charge in [0, 0.05) is 23.2 Å². The summed E-state index contributed by atoms with van der Waals surface area (Å²) in [5, 5.41) is 3.30. The number of hydrogen-bond acceptors (Lipinski definition) is 4. The lowest BCUT2D eigenvalue weighted by Crippen LogP contribution is -2.24. The molecule has 0 spiro atoms. The summed E-state index contributed by atoms with van der Waals surface area (Å²) in [6.45, 7) is 10.9. The molecule has 0 aliphatic rings. The molecule has 1 amide bonds. The van der Waals surface area contributed by atoms with Crippen LogP contribution in [0.2, 0.25) is 0 Å². The summed E-state index contributed by atoms with van der Waals surface area (Å²) in [6.07, 6.45) is 3.87. The van der Waals surface area contributed by atoms with Crippen LogP contribution in [0.25, 0.3) is 0 Å². The van der Waals surface area contributed by atoms with Crippen molar-refractivity contribution < 1.29 is 9.59 Å². The van der Waals surface area contributed by atoms with Crippen LogP contribution in [-0.2, 0) is 9.59 Å². The third-order valence-corrected chi connectivity index (χ3v) is 7.75. The zero-order valence-electron chi connectivity index (χ0n) is 14.9. The first-order valence-electron chi connectivity index (χ1n) is 7.84. The number of carbonyl (C=O) groups excluding carboxylic acids is 2. The van der Waals surface area contributed by atoms with Crippen molar-refractivity contribution in [2.45, 2.75) is 70.2 Å². The minimum Gasteiger partial charge on any atom is -0.352 e. The van der Waals surface area contributed by atoms with E-state index in [-0.39, 0.29) is 16.3 Å². The Balaban J connectivity index is 3.63. The molecule has 128 valence electrons. The van der Waals surface area contributed by atoms with Crippen molar-refractivity contribution in [1.82, 2.24) is 5.32 Å². The van der Waals surface area contributed by atoms with E-state index < -0.39 is 0 Å². The Kier molecular flexibility index (Phi) is 11.2. The van der Waals surface area contributed by atoms with Crippen molar-refractivity contribution >= 4 is 49.6 Å². The van der Waals surface area contributed by atoms with E-state index in [2.05, 4.69) is 39.9 Å². The molecule has 0 aromatic heterocycles. The fraction of sp³-hybridized carbons (Fsp3) is 0.867. The van der Waals surface area contributed by atoms with E-state index >= 15 is 0 Å². The molecule has 0 aliphatic carbocycles. The summed E-state index contributed by atoms with van der Waals surface area (Å²) in [5.74, 6) is 1.14. The number of hydrogen-bond donors (Lipinski definition) is 1. The molecule has 0 heterocycles. The molecule has 0 aromatic carbocycles. The Morgan fingerprint density at radius 1 is 1.14 bits per heavy atom. The molecular formula is C15H31BNO2PS2. The van der Waals surface area contributed by atoms with E-state index in [4.69, 9.17) is 0 Å². The van der Waals surface area contributed by atoms with Crippen molar-refractivity contribution in [3.63, 3.8) is 0 Å². The Morgan fingerprint density at radius 3 is 2.32 bits per heavy atom. The van der Waals surface area contributed by atoms with Gasteiger partial charge in [-0.25, -0.2) is 0 Å². The van der Waals surface area contributed by atoms with E-state index in [0.29, 0.717) is 18.0 Å². The molecule has 22 heavy (non-hydrogen) atoms. The highest BCUT2D eigenvalue weighted by Gasteiger charge is 2.19. The van der Waals surface area contributed by atoms with Gasteiger partial charge >= 0.3 is 0 Å². The average Bonchev–Trinajstić information content (AvgIpc) is 2.34. The predicted octanol–water partition coefficient (Wildman–Crippen LogP) is 3.42. The zero-order chi connectivity index (χ0) is 17.2. The van der Waals surface area contributed by atoms with Crippen molar-refractivity contribution in [3.05, 3.63) is 0 Å². The highest BCUT2D eigenvalue weighted by atomic mass is 33.1. The lowest BCUT2D eigenvalue weighted by Gasteiger charge is -2.22. The average molecular weight is 363 g/mol. The van der Waals surface area contributed by atoms with E-state index in [1.54, 1.807) is 7.85 Å². The quantitative estimate of drug-likeness (QED) is 0.264. The Morgan fingerprint density at radius 2 is 1.77 bits per heavy atom. The number of amides is 1. The normalized spacial score (nSPS) is 12.8. The van der Waals surface area contributed by atoms with Crippen LogP contribution in [0.1, 0.15) is 60.3 Å². The smallest absolute Gasteiger partial charge is 0.220 e. The van der Waals surface area contributed by atoms with Crippen molar-refractivity contribution in [2.24, 2.45) is 0 Å². The highest BCUT2D eigenvalue weighted by Crippen LogP contribution is 2.39.